The molecular weight excluding hydrogens is 253 g/mol. The van der Waals surface area contributed by atoms with Gasteiger partial charge < -0.3 is 4.74 Å². The van der Waals surface area contributed by atoms with Crippen molar-refractivity contribution in [3.63, 3.8) is 0 Å². The monoisotopic (exact) mass is 269 g/mol. The zero-order valence-corrected chi connectivity index (χ0v) is 11.5. The van der Waals surface area contributed by atoms with E-state index in [-0.39, 0.29) is 25.8 Å². The van der Waals surface area contributed by atoms with Gasteiger partial charge in [-0.25, -0.2) is 5.48 Å². The number of rotatable bonds is 5. The van der Waals surface area contributed by atoms with Gasteiger partial charge in [0, 0.05) is 0 Å². The molecule has 0 radical (unpaired) electrons. The van der Waals surface area contributed by atoms with E-state index in [4.69, 9.17) is 9.94 Å². The highest BCUT2D eigenvalue weighted by atomic mass is 31.1. The van der Waals surface area contributed by atoms with Gasteiger partial charge in [-0.15, -0.1) is 0 Å². The van der Waals surface area contributed by atoms with Crippen LogP contribution >= 0.6 is 8.58 Å². The zero-order valence-electron chi connectivity index (χ0n) is 10.5. The van der Waals surface area contributed by atoms with Gasteiger partial charge in [-0.2, -0.15) is 0 Å². The van der Waals surface area contributed by atoms with Gasteiger partial charge in [0.15, 0.2) is 5.52 Å². The normalized spacial score (nSPS) is 10.9. The smallest absolute Gasteiger partial charge is 0.278 e. The molecule has 0 bridgehead atoms. The standard InChI is InChI=1S/C12H16NO4P/c1-7(2)17-11-5-4-9(18-8(3)14)6-10(11)12(15)13-16/h4-7,16,18H,1-3H3,(H,13,15). The van der Waals surface area contributed by atoms with Gasteiger partial charge in [0.2, 0.25) is 0 Å². The van der Waals surface area contributed by atoms with Crippen LogP contribution in [0, 0.1) is 0 Å². The summed E-state index contributed by atoms with van der Waals surface area (Å²) in [6.07, 6.45) is -0.0867. The predicted molar refractivity (Wildman–Crippen MR) is 70.1 cm³/mol. The van der Waals surface area contributed by atoms with E-state index in [2.05, 4.69) is 0 Å². The van der Waals surface area contributed by atoms with Gasteiger partial charge in [0.05, 0.1) is 11.7 Å². The Bertz CT molecular complexity index is 459. The van der Waals surface area contributed by atoms with Crippen LogP contribution in [0.25, 0.3) is 0 Å². The van der Waals surface area contributed by atoms with Crippen LogP contribution in [-0.2, 0) is 4.79 Å². The Hall–Kier alpha value is -1.45. The Labute approximate surface area is 107 Å². The van der Waals surface area contributed by atoms with Crippen LogP contribution in [0.1, 0.15) is 31.1 Å². The number of carbonyl (C=O) groups excluding carboxylic acids is 2. The van der Waals surface area contributed by atoms with Crippen LogP contribution in [-0.4, -0.2) is 22.7 Å². The molecule has 6 heteroatoms. The zero-order chi connectivity index (χ0) is 13.7. The van der Waals surface area contributed by atoms with E-state index < -0.39 is 5.91 Å². The fourth-order valence-electron chi connectivity index (χ4n) is 1.41. The predicted octanol–water partition coefficient (Wildman–Crippen LogP) is 1.44. The van der Waals surface area contributed by atoms with Gasteiger partial charge in [0.1, 0.15) is 5.75 Å². The lowest BCUT2D eigenvalue weighted by atomic mass is 10.2. The fourth-order valence-corrected chi connectivity index (χ4v) is 2.20. The van der Waals surface area contributed by atoms with Crippen molar-refractivity contribution < 1.29 is 19.5 Å². The third-order valence-corrected chi connectivity index (χ3v) is 2.96. The summed E-state index contributed by atoms with van der Waals surface area (Å²) in [5.74, 6) is -0.269. The molecule has 1 rings (SSSR count). The third-order valence-electron chi connectivity index (χ3n) is 2.01. The van der Waals surface area contributed by atoms with Crippen molar-refractivity contribution in [2.45, 2.75) is 26.9 Å². The lowest BCUT2D eigenvalue weighted by molar-refractivity contribution is -0.109. The van der Waals surface area contributed by atoms with Gasteiger partial charge in [-0.1, -0.05) is 6.07 Å². The molecule has 0 saturated carbocycles. The third kappa shape index (κ3) is 4.09. The van der Waals surface area contributed by atoms with Gasteiger partial charge in [-0.05, 0) is 46.8 Å². The summed E-state index contributed by atoms with van der Waals surface area (Å²) >= 11 is 0. The van der Waals surface area contributed by atoms with E-state index in [9.17, 15) is 9.59 Å². The Kier molecular flexibility index (Phi) is 5.25. The number of amides is 1. The van der Waals surface area contributed by atoms with Crippen molar-refractivity contribution in [1.82, 2.24) is 5.48 Å². The molecule has 1 unspecified atom stereocenters. The van der Waals surface area contributed by atoms with Gasteiger partial charge in [0.25, 0.3) is 5.91 Å². The number of hydrogen-bond acceptors (Lipinski definition) is 4. The second-order valence-electron chi connectivity index (χ2n) is 4.00. The molecule has 0 aromatic heterocycles. The van der Waals surface area contributed by atoms with Crippen LogP contribution in [0.2, 0.25) is 0 Å². The summed E-state index contributed by atoms with van der Waals surface area (Å²) < 4.78 is 5.47. The first-order chi connectivity index (χ1) is 8.43. The number of ether oxygens (including phenoxy) is 1. The molecule has 0 heterocycles. The maximum absolute atomic E-state index is 11.5. The molecule has 1 amide bonds. The van der Waals surface area contributed by atoms with Crippen molar-refractivity contribution in [1.29, 1.82) is 0 Å². The second-order valence-corrected chi connectivity index (χ2v) is 5.53. The number of nitrogens with one attached hydrogen (secondary N) is 1. The Morgan fingerprint density at radius 2 is 2.06 bits per heavy atom. The minimum absolute atomic E-state index is 0.0124. The molecule has 0 aliphatic heterocycles. The summed E-state index contributed by atoms with van der Waals surface area (Å²) in [4.78, 5) is 22.6. The van der Waals surface area contributed by atoms with Crippen molar-refractivity contribution in [3.05, 3.63) is 23.8 Å². The van der Waals surface area contributed by atoms with Crippen molar-refractivity contribution in [2.75, 3.05) is 0 Å². The number of hydroxylamine groups is 1. The number of carbonyl (C=O) groups is 2. The molecule has 0 fully saturated rings. The van der Waals surface area contributed by atoms with Crippen molar-refractivity contribution in [2.24, 2.45) is 0 Å². The summed E-state index contributed by atoms with van der Waals surface area (Å²) in [7, 11) is -0.0124. The quantitative estimate of drug-likeness (QED) is 0.482. The molecule has 0 saturated heterocycles. The van der Waals surface area contributed by atoms with E-state index in [0.29, 0.717) is 5.75 Å². The molecule has 1 atom stereocenters. The first-order valence-corrected chi connectivity index (χ1v) is 6.46. The molecule has 2 N–H and O–H groups in total. The minimum Gasteiger partial charge on any atom is -0.490 e. The SMILES string of the molecule is CC(=O)Pc1ccc(OC(C)C)c(C(=O)NO)c1. The summed E-state index contributed by atoms with van der Waals surface area (Å²) in [6, 6.07) is 4.94. The lowest BCUT2D eigenvalue weighted by Crippen LogP contribution is -2.22. The van der Waals surface area contributed by atoms with Crippen LogP contribution in [0.3, 0.4) is 0 Å². The highest BCUT2D eigenvalue weighted by Crippen LogP contribution is 2.22. The average molecular weight is 269 g/mol. The highest BCUT2D eigenvalue weighted by Gasteiger charge is 2.14. The largest absolute Gasteiger partial charge is 0.490 e. The van der Waals surface area contributed by atoms with E-state index in [1.54, 1.807) is 23.7 Å². The second kappa shape index (κ2) is 6.47. The summed E-state index contributed by atoms with van der Waals surface area (Å²) in [5.41, 5.74) is 1.82. The van der Waals surface area contributed by atoms with E-state index in [0.717, 1.165) is 5.30 Å². The van der Waals surface area contributed by atoms with Crippen LogP contribution in [0.4, 0.5) is 0 Å². The molecule has 0 spiro atoms. The highest BCUT2D eigenvalue weighted by molar-refractivity contribution is 7.65. The van der Waals surface area contributed by atoms with Gasteiger partial charge in [-0.3, -0.25) is 14.8 Å². The maximum Gasteiger partial charge on any atom is 0.278 e. The topological polar surface area (TPSA) is 75.6 Å². The minimum atomic E-state index is -0.652. The molecular formula is C12H16NO4P. The molecule has 5 nitrogen and oxygen atoms in total. The van der Waals surface area contributed by atoms with Crippen LogP contribution in [0.15, 0.2) is 18.2 Å². The van der Waals surface area contributed by atoms with Crippen molar-refractivity contribution >= 4 is 25.3 Å². The Morgan fingerprint density at radius 3 is 2.56 bits per heavy atom. The molecule has 0 aliphatic rings. The van der Waals surface area contributed by atoms with Gasteiger partial charge >= 0.3 is 0 Å². The molecule has 0 aliphatic carbocycles. The fraction of sp³-hybridized carbons (Fsp3) is 0.333. The Balaban J connectivity index is 3.11. The summed E-state index contributed by atoms with van der Waals surface area (Å²) in [6.45, 7) is 5.17. The van der Waals surface area contributed by atoms with Crippen LogP contribution < -0.4 is 15.5 Å². The molecule has 1 aromatic carbocycles. The van der Waals surface area contributed by atoms with E-state index in [1.165, 1.54) is 6.92 Å². The first-order valence-electron chi connectivity index (χ1n) is 5.46. The maximum atomic E-state index is 11.5. The van der Waals surface area contributed by atoms with Crippen molar-refractivity contribution in [3.8, 4) is 5.75 Å². The van der Waals surface area contributed by atoms with E-state index >= 15 is 0 Å². The molecule has 98 valence electrons. The first kappa shape index (κ1) is 14.6. The van der Waals surface area contributed by atoms with Crippen LogP contribution in [0.5, 0.6) is 5.75 Å². The molecule has 18 heavy (non-hydrogen) atoms. The molecule has 1 aromatic rings. The summed E-state index contributed by atoms with van der Waals surface area (Å²) in [5, 5.41) is 9.43. The lowest BCUT2D eigenvalue weighted by Gasteiger charge is -2.14. The average Bonchev–Trinajstić information content (AvgIpc) is 2.28. The number of benzene rings is 1. The number of hydrogen-bond donors (Lipinski definition) is 2. The Morgan fingerprint density at radius 1 is 1.39 bits per heavy atom. The van der Waals surface area contributed by atoms with E-state index in [1.807, 2.05) is 13.8 Å².